The molecule has 0 radical (unpaired) electrons. The summed E-state index contributed by atoms with van der Waals surface area (Å²) in [4.78, 5) is 19.6. The largest absolute Gasteiger partial charge is 0.496 e. The van der Waals surface area contributed by atoms with Crippen LogP contribution in [0.4, 0.5) is 8.78 Å². The van der Waals surface area contributed by atoms with Crippen LogP contribution in [0.2, 0.25) is 0 Å². The van der Waals surface area contributed by atoms with Crippen molar-refractivity contribution in [1.82, 2.24) is 19.6 Å². The van der Waals surface area contributed by atoms with E-state index in [0.29, 0.717) is 11.3 Å². The van der Waals surface area contributed by atoms with E-state index in [0.717, 1.165) is 37.1 Å². The maximum absolute atomic E-state index is 13.2. The first kappa shape index (κ1) is 23.9. The minimum absolute atomic E-state index is 0.0393. The molecule has 1 unspecified atom stereocenters. The van der Waals surface area contributed by atoms with Gasteiger partial charge in [0.15, 0.2) is 0 Å². The monoisotopic (exact) mass is 472 g/mol. The van der Waals surface area contributed by atoms with Crippen molar-refractivity contribution in [3.63, 3.8) is 0 Å². The molecule has 2 heterocycles. The zero-order valence-electron chi connectivity index (χ0n) is 19.8. The first-order valence-corrected chi connectivity index (χ1v) is 11.5. The predicted octanol–water partition coefficient (Wildman–Crippen LogP) is 4.91. The van der Waals surface area contributed by atoms with E-state index in [4.69, 9.17) is 9.47 Å². The van der Waals surface area contributed by atoms with Gasteiger partial charge in [0, 0.05) is 23.8 Å². The van der Waals surface area contributed by atoms with Crippen molar-refractivity contribution in [3.8, 4) is 22.8 Å². The van der Waals surface area contributed by atoms with Gasteiger partial charge in [0.05, 0.1) is 19.0 Å². The Bertz CT molecular complexity index is 1170. The lowest BCUT2D eigenvalue weighted by molar-refractivity contribution is -0.0502. The maximum Gasteiger partial charge on any atom is 0.387 e. The molecule has 7 nitrogen and oxygen atoms in total. The highest BCUT2D eigenvalue weighted by atomic mass is 19.3. The third-order valence-corrected chi connectivity index (χ3v) is 6.32. The third-order valence-electron chi connectivity index (χ3n) is 6.32. The van der Waals surface area contributed by atoms with Gasteiger partial charge in [-0.25, -0.2) is 4.98 Å². The molecule has 182 valence electrons. The number of amides is 1. The third kappa shape index (κ3) is 4.84. The molecule has 2 aromatic heterocycles. The van der Waals surface area contributed by atoms with Gasteiger partial charge in [0.2, 0.25) is 0 Å². The summed E-state index contributed by atoms with van der Waals surface area (Å²) in [5.41, 5.74) is 3.05. The van der Waals surface area contributed by atoms with Crippen LogP contribution in [0.1, 0.15) is 55.6 Å². The maximum atomic E-state index is 13.2. The SMILES string of the molecule is CCN(CC)C(C)c1ccn2c(-c3cc(OC)c(C(=O)NC4CC4)c(OC(F)F)c3)cnc2c1. The molecule has 0 bridgehead atoms. The number of carbonyl (C=O) groups excluding carboxylic acids is 1. The van der Waals surface area contributed by atoms with Crippen LogP contribution in [0.15, 0.2) is 36.7 Å². The lowest BCUT2D eigenvalue weighted by atomic mass is 10.1. The Labute approximate surface area is 197 Å². The van der Waals surface area contributed by atoms with Crippen LogP contribution in [-0.2, 0) is 0 Å². The number of ether oxygens (including phenoxy) is 2. The van der Waals surface area contributed by atoms with Crippen LogP contribution < -0.4 is 14.8 Å². The van der Waals surface area contributed by atoms with Crippen LogP contribution in [0, 0.1) is 0 Å². The molecule has 4 rings (SSSR count). The molecule has 0 saturated heterocycles. The number of halogens is 2. The Morgan fingerprint density at radius 1 is 1.24 bits per heavy atom. The number of methoxy groups -OCH3 is 1. The number of fused-ring (bicyclic) bond motifs is 1. The number of hydrogen-bond acceptors (Lipinski definition) is 5. The Kier molecular flexibility index (Phi) is 7.02. The van der Waals surface area contributed by atoms with Crippen LogP contribution in [0.25, 0.3) is 16.9 Å². The van der Waals surface area contributed by atoms with Crippen molar-refractivity contribution < 1.29 is 23.0 Å². The molecule has 1 aliphatic carbocycles. The van der Waals surface area contributed by atoms with Crippen molar-refractivity contribution in [2.24, 2.45) is 0 Å². The summed E-state index contributed by atoms with van der Waals surface area (Å²) < 4.78 is 38.5. The van der Waals surface area contributed by atoms with Crippen molar-refractivity contribution in [2.75, 3.05) is 20.2 Å². The Balaban J connectivity index is 1.75. The highest BCUT2D eigenvalue weighted by molar-refractivity contribution is 6.01. The minimum atomic E-state index is -3.08. The lowest BCUT2D eigenvalue weighted by Gasteiger charge is -2.26. The average Bonchev–Trinajstić information content (AvgIpc) is 3.53. The van der Waals surface area contributed by atoms with Gasteiger partial charge in [-0.1, -0.05) is 13.8 Å². The number of benzene rings is 1. The van der Waals surface area contributed by atoms with Crippen molar-refractivity contribution in [2.45, 2.75) is 52.3 Å². The van der Waals surface area contributed by atoms with E-state index in [1.807, 2.05) is 22.7 Å². The summed E-state index contributed by atoms with van der Waals surface area (Å²) in [6, 6.07) is 7.44. The molecular weight excluding hydrogens is 442 g/mol. The second-order valence-electron chi connectivity index (χ2n) is 8.41. The van der Waals surface area contributed by atoms with E-state index in [1.165, 1.54) is 13.2 Å². The number of nitrogens with one attached hydrogen (secondary N) is 1. The highest BCUT2D eigenvalue weighted by Crippen LogP contribution is 2.37. The summed E-state index contributed by atoms with van der Waals surface area (Å²) in [6.45, 7) is 5.22. The predicted molar refractivity (Wildman–Crippen MR) is 126 cm³/mol. The fourth-order valence-corrected chi connectivity index (χ4v) is 4.25. The minimum Gasteiger partial charge on any atom is -0.496 e. The lowest BCUT2D eigenvalue weighted by Crippen LogP contribution is -2.26. The zero-order chi connectivity index (χ0) is 24.4. The second kappa shape index (κ2) is 9.97. The molecule has 34 heavy (non-hydrogen) atoms. The van der Waals surface area contributed by atoms with Gasteiger partial charge in [-0.2, -0.15) is 8.78 Å². The number of carbonyl (C=O) groups is 1. The van der Waals surface area contributed by atoms with E-state index < -0.39 is 12.5 Å². The summed E-state index contributed by atoms with van der Waals surface area (Å²) in [6.07, 6.45) is 5.33. The van der Waals surface area contributed by atoms with E-state index in [-0.39, 0.29) is 29.1 Å². The fraction of sp³-hybridized carbons (Fsp3) is 0.440. The Morgan fingerprint density at radius 2 is 1.94 bits per heavy atom. The highest BCUT2D eigenvalue weighted by Gasteiger charge is 2.29. The molecule has 1 N–H and O–H groups in total. The number of nitrogens with zero attached hydrogens (tertiary/aromatic N) is 3. The van der Waals surface area contributed by atoms with Gasteiger partial charge in [-0.3, -0.25) is 14.1 Å². The van der Waals surface area contributed by atoms with Crippen molar-refractivity contribution in [3.05, 3.63) is 47.8 Å². The first-order valence-electron chi connectivity index (χ1n) is 11.5. The molecular formula is C25H30F2N4O3. The summed E-state index contributed by atoms with van der Waals surface area (Å²) in [5, 5.41) is 2.81. The van der Waals surface area contributed by atoms with E-state index in [2.05, 4.69) is 36.0 Å². The topological polar surface area (TPSA) is 68.1 Å². The second-order valence-corrected chi connectivity index (χ2v) is 8.41. The molecule has 1 amide bonds. The van der Waals surface area contributed by atoms with Gasteiger partial charge in [-0.05, 0) is 62.7 Å². The van der Waals surface area contributed by atoms with Crippen LogP contribution >= 0.6 is 0 Å². The number of aromatic nitrogens is 2. The number of pyridine rings is 1. The van der Waals surface area contributed by atoms with Crippen LogP contribution in [-0.4, -0.2) is 53.0 Å². The molecule has 1 aromatic carbocycles. The zero-order valence-corrected chi connectivity index (χ0v) is 19.8. The van der Waals surface area contributed by atoms with Gasteiger partial charge in [0.1, 0.15) is 22.7 Å². The van der Waals surface area contributed by atoms with Crippen LogP contribution in [0.3, 0.4) is 0 Å². The molecule has 3 aromatic rings. The Morgan fingerprint density at radius 3 is 2.56 bits per heavy atom. The quantitative estimate of drug-likeness (QED) is 0.454. The van der Waals surface area contributed by atoms with Gasteiger partial charge >= 0.3 is 6.61 Å². The molecule has 1 fully saturated rings. The van der Waals surface area contributed by atoms with Gasteiger partial charge in [-0.15, -0.1) is 0 Å². The van der Waals surface area contributed by atoms with Crippen molar-refractivity contribution >= 4 is 11.6 Å². The number of hydrogen-bond donors (Lipinski definition) is 1. The summed E-state index contributed by atoms with van der Waals surface area (Å²) >= 11 is 0. The molecule has 1 aliphatic rings. The van der Waals surface area contributed by atoms with Crippen LogP contribution in [0.5, 0.6) is 11.5 Å². The molecule has 0 aliphatic heterocycles. The number of rotatable bonds is 10. The number of imidazole rings is 1. The normalized spacial score (nSPS) is 14.6. The molecule has 9 heteroatoms. The number of alkyl halides is 2. The van der Waals surface area contributed by atoms with E-state index in [9.17, 15) is 13.6 Å². The molecule has 1 saturated carbocycles. The fourth-order valence-electron chi connectivity index (χ4n) is 4.25. The van der Waals surface area contributed by atoms with Crippen molar-refractivity contribution in [1.29, 1.82) is 0 Å². The van der Waals surface area contributed by atoms with E-state index in [1.54, 1.807) is 12.3 Å². The molecule has 0 spiro atoms. The molecule has 1 atom stereocenters. The average molecular weight is 473 g/mol. The Hall–Kier alpha value is -3.20. The van der Waals surface area contributed by atoms with Gasteiger partial charge < -0.3 is 14.8 Å². The standard InChI is InChI=1S/C25H30F2N4O3/c1-5-30(6-2)15(3)16-9-10-31-19(14-28-22(31)13-16)17-11-20(33-4)23(21(12-17)34-25(26)27)24(32)29-18-7-8-18/h9-15,18,25H,5-8H2,1-4H3,(H,29,32). The van der Waals surface area contributed by atoms with Gasteiger partial charge in [0.25, 0.3) is 5.91 Å². The van der Waals surface area contributed by atoms with E-state index >= 15 is 0 Å². The summed E-state index contributed by atoms with van der Waals surface area (Å²) in [7, 11) is 1.40. The smallest absolute Gasteiger partial charge is 0.387 e. The summed E-state index contributed by atoms with van der Waals surface area (Å²) in [5.74, 6) is -0.563. The first-order chi connectivity index (χ1) is 16.4.